The molecule has 0 aliphatic carbocycles. The number of amides is 1. The van der Waals surface area contributed by atoms with Crippen LogP contribution in [-0.2, 0) is 4.79 Å². The van der Waals surface area contributed by atoms with Gasteiger partial charge in [0.25, 0.3) is 0 Å². The third kappa shape index (κ3) is 2.75. The lowest BCUT2D eigenvalue weighted by molar-refractivity contribution is -0.127. The van der Waals surface area contributed by atoms with Gasteiger partial charge in [0.1, 0.15) is 5.76 Å². The smallest absolute Gasteiger partial charge is 0.246 e. The van der Waals surface area contributed by atoms with Crippen LogP contribution in [0.5, 0.6) is 0 Å². The second kappa shape index (κ2) is 5.16. The molecule has 92 valence electrons. The van der Waals surface area contributed by atoms with Crippen molar-refractivity contribution in [1.29, 1.82) is 0 Å². The van der Waals surface area contributed by atoms with E-state index in [-0.39, 0.29) is 11.9 Å². The molecule has 0 bridgehead atoms. The van der Waals surface area contributed by atoms with Gasteiger partial charge in [-0.15, -0.1) is 0 Å². The fourth-order valence-corrected chi connectivity index (χ4v) is 1.87. The maximum absolute atomic E-state index is 11.8. The number of carbonyl (C=O) groups excluding carboxylic acids is 1. The van der Waals surface area contributed by atoms with Crippen molar-refractivity contribution >= 4 is 12.0 Å². The Morgan fingerprint density at radius 3 is 3.06 bits per heavy atom. The number of aliphatic hydroxyl groups is 1. The van der Waals surface area contributed by atoms with Gasteiger partial charge >= 0.3 is 0 Å². The van der Waals surface area contributed by atoms with Crippen LogP contribution in [0.15, 0.2) is 28.9 Å². The van der Waals surface area contributed by atoms with Crippen LogP contribution < -0.4 is 5.32 Å². The molecule has 0 saturated carbocycles. The van der Waals surface area contributed by atoms with Gasteiger partial charge in [0.05, 0.1) is 18.4 Å². The summed E-state index contributed by atoms with van der Waals surface area (Å²) in [6, 6.07) is 3.37. The highest BCUT2D eigenvalue weighted by Crippen LogP contribution is 2.09. The van der Waals surface area contributed by atoms with Gasteiger partial charge in [-0.3, -0.25) is 4.79 Å². The highest BCUT2D eigenvalue weighted by molar-refractivity contribution is 5.91. The van der Waals surface area contributed by atoms with E-state index in [1.807, 2.05) is 0 Å². The minimum Gasteiger partial charge on any atom is -0.465 e. The molecular weight excluding hydrogens is 220 g/mol. The average molecular weight is 236 g/mol. The van der Waals surface area contributed by atoms with Gasteiger partial charge in [-0.25, -0.2) is 0 Å². The first-order valence-corrected chi connectivity index (χ1v) is 5.55. The molecule has 1 aromatic heterocycles. The van der Waals surface area contributed by atoms with Crippen LogP contribution in [-0.4, -0.2) is 48.2 Å². The van der Waals surface area contributed by atoms with E-state index in [0.717, 1.165) is 0 Å². The molecule has 1 fully saturated rings. The third-order valence-electron chi connectivity index (χ3n) is 2.93. The SMILES string of the molecule is CN(C(=O)/C=C/c1ccco1)[C@H]1CNC[C@@H]1O. The van der Waals surface area contributed by atoms with Crippen LogP contribution in [0.1, 0.15) is 5.76 Å². The van der Waals surface area contributed by atoms with Crippen molar-refractivity contribution < 1.29 is 14.3 Å². The van der Waals surface area contributed by atoms with Crippen molar-refractivity contribution in [3.8, 4) is 0 Å². The van der Waals surface area contributed by atoms with E-state index < -0.39 is 6.10 Å². The molecule has 0 unspecified atom stereocenters. The first-order chi connectivity index (χ1) is 8.18. The molecule has 17 heavy (non-hydrogen) atoms. The molecule has 1 amide bonds. The van der Waals surface area contributed by atoms with Crippen LogP contribution in [0.2, 0.25) is 0 Å². The number of aliphatic hydroxyl groups excluding tert-OH is 1. The zero-order valence-electron chi connectivity index (χ0n) is 9.67. The Morgan fingerprint density at radius 1 is 1.65 bits per heavy atom. The van der Waals surface area contributed by atoms with Gasteiger partial charge in [0.15, 0.2) is 0 Å². The van der Waals surface area contributed by atoms with Crippen LogP contribution >= 0.6 is 0 Å². The Labute approximate surface area is 99.7 Å². The molecule has 2 heterocycles. The van der Waals surface area contributed by atoms with E-state index in [1.165, 1.54) is 6.08 Å². The molecule has 1 saturated heterocycles. The number of carbonyl (C=O) groups is 1. The van der Waals surface area contributed by atoms with Gasteiger partial charge in [0.2, 0.25) is 5.91 Å². The Kier molecular flexibility index (Phi) is 3.61. The minimum absolute atomic E-state index is 0.144. The molecule has 1 aromatic rings. The third-order valence-corrected chi connectivity index (χ3v) is 2.93. The van der Waals surface area contributed by atoms with Crippen LogP contribution in [0.3, 0.4) is 0 Å². The van der Waals surface area contributed by atoms with Gasteiger partial charge < -0.3 is 19.7 Å². The first kappa shape index (κ1) is 11.9. The topological polar surface area (TPSA) is 65.7 Å². The molecule has 0 radical (unpaired) electrons. The van der Waals surface area contributed by atoms with Crippen LogP contribution in [0.4, 0.5) is 0 Å². The van der Waals surface area contributed by atoms with Crippen molar-refractivity contribution in [3.05, 3.63) is 30.2 Å². The molecule has 0 aromatic carbocycles. The van der Waals surface area contributed by atoms with Crippen molar-refractivity contribution in [1.82, 2.24) is 10.2 Å². The van der Waals surface area contributed by atoms with Crippen molar-refractivity contribution in [2.75, 3.05) is 20.1 Å². The van der Waals surface area contributed by atoms with E-state index in [4.69, 9.17) is 4.42 Å². The predicted octanol–water partition coefficient (Wildman–Crippen LogP) is 0.0839. The highest BCUT2D eigenvalue weighted by atomic mass is 16.3. The lowest BCUT2D eigenvalue weighted by atomic mass is 10.2. The van der Waals surface area contributed by atoms with Crippen molar-refractivity contribution in [3.63, 3.8) is 0 Å². The monoisotopic (exact) mass is 236 g/mol. The van der Waals surface area contributed by atoms with Gasteiger partial charge in [-0.05, 0) is 18.2 Å². The fraction of sp³-hybridized carbons (Fsp3) is 0.417. The second-order valence-electron chi connectivity index (χ2n) is 4.09. The Morgan fingerprint density at radius 2 is 2.47 bits per heavy atom. The number of nitrogens with one attached hydrogen (secondary N) is 1. The maximum Gasteiger partial charge on any atom is 0.246 e. The van der Waals surface area contributed by atoms with Gasteiger partial charge in [-0.1, -0.05) is 0 Å². The number of nitrogens with zero attached hydrogens (tertiary/aromatic N) is 1. The molecular formula is C12H16N2O3. The van der Waals surface area contributed by atoms with E-state index >= 15 is 0 Å². The lowest BCUT2D eigenvalue weighted by Gasteiger charge is -2.25. The van der Waals surface area contributed by atoms with Crippen molar-refractivity contribution in [2.24, 2.45) is 0 Å². The molecule has 2 rings (SSSR count). The number of hydrogen-bond acceptors (Lipinski definition) is 4. The summed E-state index contributed by atoms with van der Waals surface area (Å²) in [5.74, 6) is 0.492. The van der Waals surface area contributed by atoms with E-state index in [9.17, 15) is 9.90 Å². The van der Waals surface area contributed by atoms with Crippen LogP contribution in [0.25, 0.3) is 6.08 Å². The summed E-state index contributed by atoms with van der Waals surface area (Å²) < 4.78 is 5.09. The zero-order valence-corrected chi connectivity index (χ0v) is 9.67. The minimum atomic E-state index is -0.499. The fourth-order valence-electron chi connectivity index (χ4n) is 1.87. The molecule has 5 nitrogen and oxygen atoms in total. The van der Waals surface area contributed by atoms with Crippen LogP contribution in [0, 0.1) is 0 Å². The lowest BCUT2D eigenvalue weighted by Crippen LogP contribution is -2.43. The zero-order chi connectivity index (χ0) is 12.3. The highest BCUT2D eigenvalue weighted by Gasteiger charge is 2.30. The van der Waals surface area contributed by atoms with E-state index in [1.54, 1.807) is 36.4 Å². The van der Waals surface area contributed by atoms with E-state index in [2.05, 4.69) is 5.32 Å². The molecule has 5 heteroatoms. The average Bonchev–Trinajstić information content (AvgIpc) is 2.95. The molecule has 2 atom stereocenters. The summed E-state index contributed by atoms with van der Waals surface area (Å²) in [4.78, 5) is 13.4. The number of hydrogen-bond donors (Lipinski definition) is 2. The maximum atomic E-state index is 11.8. The Bertz CT molecular complexity index is 400. The van der Waals surface area contributed by atoms with Crippen molar-refractivity contribution in [2.45, 2.75) is 12.1 Å². The summed E-state index contributed by atoms with van der Waals surface area (Å²) >= 11 is 0. The second-order valence-corrected chi connectivity index (χ2v) is 4.09. The summed E-state index contributed by atoms with van der Waals surface area (Å²) in [5.41, 5.74) is 0. The summed E-state index contributed by atoms with van der Waals surface area (Å²) in [6.45, 7) is 1.15. The first-order valence-electron chi connectivity index (χ1n) is 5.55. The number of β-amino-alcohol motifs (C(OH)–C–C–N with tert-alkyl or cyclic N) is 1. The molecule has 0 spiro atoms. The molecule has 2 N–H and O–H groups in total. The quantitative estimate of drug-likeness (QED) is 0.730. The Hall–Kier alpha value is -1.59. The number of furan rings is 1. The predicted molar refractivity (Wildman–Crippen MR) is 63.2 cm³/mol. The van der Waals surface area contributed by atoms with Gasteiger partial charge in [-0.2, -0.15) is 0 Å². The molecule has 1 aliphatic heterocycles. The summed E-state index contributed by atoms with van der Waals surface area (Å²) in [6.07, 6.45) is 4.12. The van der Waals surface area contributed by atoms with Gasteiger partial charge in [0, 0.05) is 26.2 Å². The normalized spacial score (nSPS) is 24.4. The number of rotatable bonds is 3. The summed E-state index contributed by atoms with van der Waals surface area (Å²) in [7, 11) is 1.69. The largest absolute Gasteiger partial charge is 0.465 e. The Balaban J connectivity index is 1.95. The summed E-state index contributed by atoms with van der Waals surface area (Å²) in [5, 5.41) is 12.7. The van der Waals surface area contributed by atoms with E-state index in [0.29, 0.717) is 18.8 Å². The standard InChI is InChI=1S/C12H16N2O3/c1-14(10-7-13-8-11(10)15)12(16)5-4-9-3-2-6-17-9/h2-6,10-11,13,15H,7-8H2,1H3/b5-4+/t10-,11-/m0/s1. The number of likely N-dealkylation sites (N-methyl/N-ethyl adjacent to an activating group) is 1. The molecule has 1 aliphatic rings.